The van der Waals surface area contributed by atoms with Gasteiger partial charge in [0.15, 0.2) is 12.6 Å². The Morgan fingerprint density at radius 3 is 1.20 bits per heavy atom. The average molecular weight is 1290 g/mol. The maximum absolute atomic E-state index is 13.3. The zero-order chi connectivity index (χ0) is 66.6. The molecule has 0 spiro atoms. The standard InChI is InChI=1S/C78H129NO13/c1-3-5-7-9-11-13-15-17-19-21-23-25-26-27-28-29-30-31-32-33-34-35-36-37-38-39-40-42-44-46-48-50-52-54-56-58-60-62-70(83)79-66(67(82)61-59-57-55-53-51-49-47-45-43-41-24-22-20-18-16-14-12-10-8-6-4-2)65-89-77-75(88)73(86)76(69(64-81)91-77)92-78-74(87)72(85)71(84)68(63-80)90-78/h5,7,11,13,17,19,23,25,27-28,30-31,33-34,36-37,39-40,43,45,51,53,59,61,66-69,71-78,80-82,84-88H,3-4,6,8-10,12,14-16,18,20-22,24,26,29,32,35,38,41-42,44,46-50,52,54-58,60,62-65H2,1-2H3,(H,79,83)/b7-5-,13-11-,19-17-,25-23-,28-27-,31-30-,34-33-,37-36-,40-39-,45-43+,53-51+,61-59+. The molecule has 1 amide bonds. The van der Waals surface area contributed by atoms with E-state index < -0.39 is 86.8 Å². The number of carbonyl (C=O) groups excluding carboxylic acids is 1. The van der Waals surface area contributed by atoms with E-state index in [1.165, 1.54) is 96.3 Å². The van der Waals surface area contributed by atoms with Gasteiger partial charge in [-0.05, 0) is 116 Å². The zero-order valence-electron chi connectivity index (χ0n) is 57.0. The van der Waals surface area contributed by atoms with E-state index in [9.17, 15) is 45.6 Å². The largest absolute Gasteiger partial charge is 0.394 e. The van der Waals surface area contributed by atoms with Crippen LogP contribution in [-0.4, -0.2) is 140 Å². The van der Waals surface area contributed by atoms with Crippen molar-refractivity contribution in [1.82, 2.24) is 5.32 Å². The van der Waals surface area contributed by atoms with Crippen molar-refractivity contribution in [2.24, 2.45) is 0 Å². The first kappa shape index (κ1) is 84.0. The third kappa shape index (κ3) is 43.8. The summed E-state index contributed by atoms with van der Waals surface area (Å²) in [5, 5.41) is 87.4. The number of carbonyl (C=O) groups is 1. The summed E-state index contributed by atoms with van der Waals surface area (Å²) in [6, 6.07) is -0.953. The highest BCUT2D eigenvalue weighted by Gasteiger charge is 2.51. The number of aliphatic hydroxyl groups is 8. The van der Waals surface area contributed by atoms with Crippen molar-refractivity contribution in [3.05, 3.63) is 146 Å². The molecular weight excluding hydrogens is 1160 g/mol. The van der Waals surface area contributed by atoms with E-state index in [0.717, 1.165) is 116 Å². The van der Waals surface area contributed by atoms with Crippen LogP contribution in [-0.2, 0) is 23.7 Å². The first-order chi connectivity index (χ1) is 45.1. The van der Waals surface area contributed by atoms with Gasteiger partial charge in [-0.15, -0.1) is 0 Å². The lowest BCUT2D eigenvalue weighted by Gasteiger charge is -2.46. The Morgan fingerprint density at radius 2 is 0.761 bits per heavy atom. The summed E-state index contributed by atoms with van der Waals surface area (Å²) in [4.78, 5) is 13.3. The molecule has 14 heteroatoms. The highest BCUT2D eigenvalue weighted by atomic mass is 16.7. The molecule has 2 fully saturated rings. The molecule has 2 aliphatic rings. The van der Waals surface area contributed by atoms with Crippen LogP contribution in [0.25, 0.3) is 0 Å². The second-order valence-corrected chi connectivity index (χ2v) is 24.6. The molecule has 2 rings (SSSR count). The summed E-state index contributed by atoms with van der Waals surface area (Å²) in [6.45, 7) is 2.65. The summed E-state index contributed by atoms with van der Waals surface area (Å²) in [6.07, 6.45) is 74.7. The number of unbranched alkanes of at least 4 members (excludes halogenated alkanes) is 22. The molecule has 0 aromatic carbocycles. The third-order valence-electron chi connectivity index (χ3n) is 16.5. The van der Waals surface area contributed by atoms with Crippen molar-refractivity contribution in [1.29, 1.82) is 0 Å². The number of amides is 1. The molecule has 0 aromatic heterocycles. The maximum Gasteiger partial charge on any atom is 0.220 e. The fourth-order valence-corrected chi connectivity index (χ4v) is 10.8. The summed E-state index contributed by atoms with van der Waals surface area (Å²) in [5.74, 6) is -0.265. The molecule has 0 bridgehead atoms. The highest BCUT2D eigenvalue weighted by molar-refractivity contribution is 5.76. The van der Waals surface area contributed by atoms with Crippen LogP contribution in [0.3, 0.4) is 0 Å². The van der Waals surface area contributed by atoms with E-state index in [1.807, 2.05) is 6.08 Å². The smallest absolute Gasteiger partial charge is 0.220 e. The lowest BCUT2D eigenvalue weighted by Crippen LogP contribution is -2.65. The molecule has 2 heterocycles. The van der Waals surface area contributed by atoms with E-state index in [1.54, 1.807) is 6.08 Å². The monoisotopic (exact) mass is 1290 g/mol. The van der Waals surface area contributed by atoms with Crippen LogP contribution in [0, 0.1) is 0 Å². The second kappa shape index (κ2) is 60.5. The highest BCUT2D eigenvalue weighted by Crippen LogP contribution is 2.30. The van der Waals surface area contributed by atoms with Gasteiger partial charge in [0.1, 0.15) is 48.8 Å². The van der Waals surface area contributed by atoms with Crippen molar-refractivity contribution in [2.75, 3.05) is 19.8 Å². The molecule has 524 valence electrons. The number of hydrogen-bond acceptors (Lipinski definition) is 13. The lowest BCUT2D eigenvalue weighted by molar-refractivity contribution is -0.359. The average Bonchev–Trinajstić information content (AvgIpc) is 0.915. The summed E-state index contributed by atoms with van der Waals surface area (Å²) in [5.41, 5.74) is 0. The molecule has 14 nitrogen and oxygen atoms in total. The van der Waals surface area contributed by atoms with Crippen LogP contribution in [0.2, 0.25) is 0 Å². The van der Waals surface area contributed by atoms with E-state index in [2.05, 4.69) is 153 Å². The predicted molar refractivity (Wildman–Crippen MR) is 378 cm³/mol. The van der Waals surface area contributed by atoms with Crippen LogP contribution in [0.15, 0.2) is 146 Å². The lowest BCUT2D eigenvalue weighted by atomic mass is 9.97. The Bertz CT molecular complexity index is 2110. The van der Waals surface area contributed by atoms with Gasteiger partial charge in [0.2, 0.25) is 5.91 Å². The van der Waals surface area contributed by atoms with Crippen LogP contribution < -0.4 is 5.32 Å². The quantitative estimate of drug-likeness (QED) is 0.0204. The predicted octanol–water partition coefficient (Wildman–Crippen LogP) is 15.2. The first-order valence-electron chi connectivity index (χ1n) is 36.1. The van der Waals surface area contributed by atoms with Crippen molar-refractivity contribution < 1.29 is 64.6 Å². The number of hydrogen-bond donors (Lipinski definition) is 9. The number of rotatable bonds is 57. The van der Waals surface area contributed by atoms with Gasteiger partial charge in [-0.3, -0.25) is 4.79 Å². The normalized spacial score (nSPS) is 23.6. The van der Waals surface area contributed by atoms with Gasteiger partial charge in [-0.25, -0.2) is 0 Å². The topological polar surface area (TPSA) is 228 Å². The van der Waals surface area contributed by atoms with Crippen molar-refractivity contribution >= 4 is 5.91 Å². The molecule has 0 aromatic rings. The minimum Gasteiger partial charge on any atom is -0.394 e. The van der Waals surface area contributed by atoms with Crippen LogP contribution in [0.4, 0.5) is 0 Å². The molecule has 2 aliphatic heterocycles. The van der Waals surface area contributed by atoms with Gasteiger partial charge in [-0.2, -0.15) is 0 Å². The van der Waals surface area contributed by atoms with E-state index in [-0.39, 0.29) is 18.9 Å². The molecule has 12 atom stereocenters. The maximum atomic E-state index is 13.3. The van der Waals surface area contributed by atoms with Gasteiger partial charge in [0, 0.05) is 6.42 Å². The fraction of sp³-hybridized carbons (Fsp3) is 0.679. The van der Waals surface area contributed by atoms with Crippen molar-refractivity contribution in [3.63, 3.8) is 0 Å². The van der Waals surface area contributed by atoms with Gasteiger partial charge < -0.3 is 65.1 Å². The second-order valence-electron chi connectivity index (χ2n) is 24.6. The molecule has 2 saturated heterocycles. The zero-order valence-corrected chi connectivity index (χ0v) is 57.0. The Kier molecular flexibility index (Phi) is 55.2. The summed E-state index contributed by atoms with van der Waals surface area (Å²) >= 11 is 0. The third-order valence-corrected chi connectivity index (χ3v) is 16.5. The van der Waals surface area contributed by atoms with Gasteiger partial charge in [0.05, 0.1) is 32.0 Å². The van der Waals surface area contributed by atoms with Gasteiger partial charge >= 0.3 is 0 Å². The van der Waals surface area contributed by atoms with Crippen molar-refractivity contribution in [3.8, 4) is 0 Å². The van der Waals surface area contributed by atoms with Crippen molar-refractivity contribution in [2.45, 2.75) is 319 Å². The molecule has 12 unspecified atom stereocenters. The molecule has 0 aliphatic carbocycles. The molecule has 9 N–H and O–H groups in total. The Hall–Kier alpha value is -4.13. The van der Waals surface area contributed by atoms with E-state index >= 15 is 0 Å². The van der Waals surface area contributed by atoms with Crippen LogP contribution >= 0.6 is 0 Å². The van der Waals surface area contributed by atoms with Crippen LogP contribution in [0.5, 0.6) is 0 Å². The molecule has 92 heavy (non-hydrogen) atoms. The number of aliphatic hydroxyl groups excluding tert-OH is 8. The minimum atomic E-state index is -1.80. The fourth-order valence-electron chi connectivity index (χ4n) is 10.8. The number of nitrogens with one attached hydrogen (secondary N) is 1. The van der Waals surface area contributed by atoms with E-state index in [4.69, 9.17) is 18.9 Å². The Morgan fingerprint density at radius 1 is 0.402 bits per heavy atom. The Labute approximate surface area is 557 Å². The summed E-state index contributed by atoms with van der Waals surface area (Å²) < 4.78 is 22.8. The van der Waals surface area contributed by atoms with E-state index in [0.29, 0.717) is 12.8 Å². The SMILES string of the molecule is CC/C=C\C/C=C\C/C=C\C/C=C\C/C=C\C/C=C\C/C=C\C/C=C\C/C=C\CCCCCCCCCCCC(=O)NC(COC1OC(CO)C(OC2OC(CO)C(O)C(O)C2O)C(O)C1O)C(O)/C=C/CC/C=C/CC/C=C/CCCCCCCCCCCCC. The van der Waals surface area contributed by atoms with Gasteiger partial charge in [-0.1, -0.05) is 269 Å². The number of ether oxygens (including phenoxy) is 4. The Balaban J connectivity index is 1.68. The molecule has 0 saturated carbocycles. The first-order valence-corrected chi connectivity index (χ1v) is 36.1. The minimum absolute atomic E-state index is 0.253. The van der Waals surface area contributed by atoms with Gasteiger partial charge in [0.25, 0.3) is 0 Å². The van der Waals surface area contributed by atoms with Crippen LogP contribution in [0.1, 0.15) is 245 Å². The molecular formula is C78H129NO13. The molecule has 0 radical (unpaired) electrons. The number of allylic oxidation sites excluding steroid dienone is 23. The summed E-state index contributed by atoms with van der Waals surface area (Å²) in [7, 11) is 0.